The fourth-order valence-electron chi connectivity index (χ4n) is 3.54. The van der Waals surface area contributed by atoms with Gasteiger partial charge in [-0.2, -0.15) is 0 Å². The molecule has 0 bridgehead atoms. The summed E-state index contributed by atoms with van der Waals surface area (Å²) < 4.78 is 18.3. The number of aromatic nitrogens is 1. The van der Waals surface area contributed by atoms with Crippen LogP contribution in [0.1, 0.15) is 32.9 Å². The van der Waals surface area contributed by atoms with E-state index in [2.05, 4.69) is 22.0 Å². The van der Waals surface area contributed by atoms with E-state index in [0.717, 1.165) is 23.5 Å². The Kier molecular flexibility index (Phi) is 6.67. The van der Waals surface area contributed by atoms with Crippen LogP contribution in [0.5, 0.6) is 17.2 Å². The Morgan fingerprint density at radius 2 is 1.53 bits per heavy atom. The molecule has 2 aromatic carbocycles. The molecular formula is C24H28N2O4. The number of methoxy groups -OCH3 is 3. The average Bonchev–Trinajstić information content (AvgIpc) is 3.05. The number of nitrogens with one attached hydrogen (secondary N) is 1. The maximum absolute atomic E-state index is 12.9. The van der Waals surface area contributed by atoms with Gasteiger partial charge in [0.15, 0.2) is 11.5 Å². The number of hydrogen-bond acceptors (Lipinski definition) is 4. The van der Waals surface area contributed by atoms with Gasteiger partial charge in [0.1, 0.15) is 5.75 Å². The molecular weight excluding hydrogens is 380 g/mol. The van der Waals surface area contributed by atoms with Gasteiger partial charge in [-0.15, -0.1) is 0 Å². The van der Waals surface area contributed by atoms with Crippen molar-refractivity contribution in [2.75, 3.05) is 21.3 Å². The lowest BCUT2D eigenvalue weighted by Crippen LogP contribution is -2.23. The van der Waals surface area contributed by atoms with E-state index < -0.39 is 0 Å². The number of ether oxygens (including phenoxy) is 3. The van der Waals surface area contributed by atoms with Crippen LogP contribution >= 0.6 is 0 Å². The van der Waals surface area contributed by atoms with Crippen LogP contribution in [0.3, 0.4) is 0 Å². The highest BCUT2D eigenvalue weighted by Gasteiger charge is 2.17. The number of aryl methyl sites for hydroxylation is 1. The number of hydrogen-bond donors (Lipinski definition) is 1. The summed E-state index contributed by atoms with van der Waals surface area (Å²) in [5, 5.41) is 3.00. The van der Waals surface area contributed by atoms with E-state index in [1.165, 1.54) is 5.56 Å². The molecule has 1 amide bonds. The summed E-state index contributed by atoms with van der Waals surface area (Å²) in [5.41, 5.74) is 4.66. The first-order valence-electron chi connectivity index (χ1n) is 9.76. The molecule has 3 aromatic rings. The summed E-state index contributed by atoms with van der Waals surface area (Å²) >= 11 is 0. The molecule has 1 N–H and O–H groups in total. The minimum Gasteiger partial charge on any atom is -0.496 e. The lowest BCUT2D eigenvalue weighted by molar-refractivity contribution is 0.0950. The zero-order valence-electron chi connectivity index (χ0n) is 18.1. The summed E-state index contributed by atoms with van der Waals surface area (Å²) in [6.07, 6.45) is 0. The van der Waals surface area contributed by atoms with Crippen LogP contribution < -0.4 is 19.5 Å². The van der Waals surface area contributed by atoms with Crippen molar-refractivity contribution in [3.63, 3.8) is 0 Å². The molecule has 0 aliphatic carbocycles. The molecule has 6 heteroatoms. The minimum absolute atomic E-state index is 0.126. The predicted octanol–water partition coefficient (Wildman–Crippen LogP) is 4.11. The van der Waals surface area contributed by atoms with Crippen molar-refractivity contribution in [1.82, 2.24) is 9.88 Å². The molecule has 0 fully saturated rings. The smallest absolute Gasteiger partial charge is 0.253 e. The lowest BCUT2D eigenvalue weighted by atomic mass is 10.1. The first-order chi connectivity index (χ1) is 14.5. The molecule has 0 unspecified atom stereocenters. The molecule has 1 heterocycles. The van der Waals surface area contributed by atoms with Crippen LogP contribution in [0.25, 0.3) is 0 Å². The second kappa shape index (κ2) is 9.39. The highest BCUT2D eigenvalue weighted by atomic mass is 16.5. The molecule has 0 aliphatic rings. The van der Waals surface area contributed by atoms with Crippen LogP contribution in [-0.2, 0) is 13.1 Å². The number of rotatable bonds is 8. The van der Waals surface area contributed by atoms with Gasteiger partial charge in [0.05, 0.1) is 26.9 Å². The standard InChI is InChI=1S/C24H28N2O4/c1-16-11-20(17(2)26(16)15-18-9-7-6-8-10-18)24(27)25-14-19-12-22(29-4)23(30-5)13-21(19)28-3/h6-13H,14-15H2,1-5H3,(H,25,27). The van der Waals surface area contributed by atoms with Crippen LogP contribution in [0.15, 0.2) is 48.5 Å². The molecule has 6 nitrogen and oxygen atoms in total. The van der Waals surface area contributed by atoms with E-state index >= 15 is 0 Å². The van der Waals surface area contributed by atoms with E-state index in [-0.39, 0.29) is 5.91 Å². The van der Waals surface area contributed by atoms with Crippen molar-refractivity contribution in [3.8, 4) is 17.2 Å². The third kappa shape index (κ3) is 4.43. The number of benzene rings is 2. The van der Waals surface area contributed by atoms with Gasteiger partial charge in [0.25, 0.3) is 5.91 Å². The molecule has 30 heavy (non-hydrogen) atoms. The van der Waals surface area contributed by atoms with Gasteiger partial charge < -0.3 is 24.1 Å². The maximum atomic E-state index is 12.9. The monoisotopic (exact) mass is 408 g/mol. The average molecular weight is 408 g/mol. The Labute approximate surface area is 177 Å². The Bertz CT molecular complexity index is 1030. The third-order valence-corrected chi connectivity index (χ3v) is 5.23. The van der Waals surface area contributed by atoms with Crippen molar-refractivity contribution in [1.29, 1.82) is 0 Å². The van der Waals surface area contributed by atoms with E-state index in [0.29, 0.717) is 29.4 Å². The highest BCUT2D eigenvalue weighted by Crippen LogP contribution is 2.34. The van der Waals surface area contributed by atoms with Gasteiger partial charge in [-0.3, -0.25) is 4.79 Å². The Hall–Kier alpha value is -3.41. The number of nitrogens with zero attached hydrogens (tertiary/aromatic N) is 1. The van der Waals surface area contributed by atoms with Crippen molar-refractivity contribution in [3.05, 3.63) is 76.6 Å². The van der Waals surface area contributed by atoms with E-state index in [4.69, 9.17) is 14.2 Å². The van der Waals surface area contributed by atoms with Crippen molar-refractivity contribution < 1.29 is 19.0 Å². The topological polar surface area (TPSA) is 61.7 Å². The second-order valence-corrected chi connectivity index (χ2v) is 7.06. The molecule has 3 rings (SSSR count). The summed E-state index contributed by atoms with van der Waals surface area (Å²) in [7, 11) is 4.74. The molecule has 0 aliphatic heterocycles. The highest BCUT2D eigenvalue weighted by molar-refractivity contribution is 5.95. The summed E-state index contributed by atoms with van der Waals surface area (Å²) in [6.45, 7) is 5.03. The van der Waals surface area contributed by atoms with Crippen molar-refractivity contribution in [2.24, 2.45) is 0 Å². The van der Waals surface area contributed by atoms with Gasteiger partial charge in [-0.05, 0) is 31.5 Å². The van der Waals surface area contributed by atoms with Gasteiger partial charge in [0.2, 0.25) is 0 Å². The second-order valence-electron chi connectivity index (χ2n) is 7.06. The van der Waals surface area contributed by atoms with Gasteiger partial charge >= 0.3 is 0 Å². The SMILES string of the molecule is COc1cc(OC)c(OC)cc1CNC(=O)c1cc(C)n(Cc2ccccc2)c1C. The van der Waals surface area contributed by atoms with Gasteiger partial charge in [-0.25, -0.2) is 0 Å². The Morgan fingerprint density at radius 1 is 0.900 bits per heavy atom. The maximum Gasteiger partial charge on any atom is 0.253 e. The summed E-state index contributed by atoms with van der Waals surface area (Å²) in [4.78, 5) is 12.9. The molecule has 0 spiro atoms. The van der Waals surface area contributed by atoms with Gasteiger partial charge in [-0.1, -0.05) is 30.3 Å². The Morgan fingerprint density at radius 3 is 2.17 bits per heavy atom. The van der Waals surface area contributed by atoms with E-state index in [9.17, 15) is 4.79 Å². The molecule has 0 saturated heterocycles. The predicted molar refractivity (Wildman–Crippen MR) is 117 cm³/mol. The largest absolute Gasteiger partial charge is 0.496 e. The molecule has 0 radical (unpaired) electrons. The van der Waals surface area contributed by atoms with Crippen LogP contribution in [-0.4, -0.2) is 31.8 Å². The molecule has 0 saturated carbocycles. The van der Waals surface area contributed by atoms with Crippen molar-refractivity contribution >= 4 is 5.91 Å². The minimum atomic E-state index is -0.126. The van der Waals surface area contributed by atoms with E-state index in [1.54, 1.807) is 27.4 Å². The first kappa shape index (κ1) is 21.3. The summed E-state index contributed by atoms with van der Waals surface area (Å²) in [6, 6.07) is 15.7. The number of carbonyl (C=O) groups is 1. The Balaban J connectivity index is 1.78. The number of carbonyl (C=O) groups excluding carboxylic acids is 1. The summed E-state index contributed by atoms with van der Waals surface area (Å²) in [5.74, 6) is 1.67. The zero-order valence-corrected chi connectivity index (χ0v) is 18.1. The quantitative estimate of drug-likeness (QED) is 0.609. The molecule has 1 aromatic heterocycles. The zero-order chi connectivity index (χ0) is 21.7. The fourth-order valence-corrected chi connectivity index (χ4v) is 3.54. The first-order valence-corrected chi connectivity index (χ1v) is 9.76. The van der Waals surface area contributed by atoms with Crippen molar-refractivity contribution in [2.45, 2.75) is 26.9 Å². The fraction of sp³-hybridized carbons (Fsp3) is 0.292. The van der Waals surface area contributed by atoms with Gasteiger partial charge in [0, 0.05) is 36.1 Å². The van der Waals surface area contributed by atoms with E-state index in [1.807, 2.05) is 44.2 Å². The third-order valence-electron chi connectivity index (χ3n) is 5.23. The van der Waals surface area contributed by atoms with Crippen LogP contribution in [0.2, 0.25) is 0 Å². The van der Waals surface area contributed by atoms with Crippen LogP contribution in [0, 0.1) is 13.8 Å². The van der Waals surface area contributed by atoms with Crippen LogP contribution in [0.4, 0.5) is 0 Å². The molecule has 0 atom stereocenters. The lowest BCUT2D eigenvalue weighted by Gasteiger charge is -2.15. The molecule has 158 valence electrons. The number of amides is 1. The normalized spacial score (nSPS) is 10.6.